The van der Waals surface area contributed by atoms with E-state index in [0.29, 0.717) is 12.2 Å². The number of ether oxygens (including phenoxy) is 1. The molecule has 0 saturated heterocycles. The predicted molar refractivity (Wildman–Crippen MR) is 93.3 cm³/mol. The number of primary amides is 1. The minimum absolute atomic E-state index is 0.0634. The van der Waals surface area contributed by atoms with Gasteiger partial charge in [0.1, 0.15) is 11.4 Å². The summed E-state index contributed by atoms with van der Waals surface area (Å²) in [5.41, 5.74) is 5.02. The van der Waals surface area contributed by atoms with Crippen LogP contribution in [0.2, 0.25) is 0 Å². The van der Waals surface area contributed by atoms with Crippen LogP contribution in [0.1, 0.15) is 56.0 Å². The van der Waals surface area contributed by atoms with E-state index in [-0.39, 0.29) is 17.4 Å². The highest BCUT2D eigenvalue weighted by atomic mass is 19.1. The highest BCUT2D eigenvalue weighted by Crippen LogP contribution is 2.49. The van der Waals surface area contributed by atoms with Crippen molar-refractivity contribution in [3.05, 3.63) is 35.1 Å². The van der Waals surface area contributed by atoms with Crippen LogP contribution in [-0.4, -0.2) is 25.6 Å². The molecule has 1 amide bonds. The summed E-state index contributed by atoms with van der Waals surface area (Å²) in [6.45, 7) is 8.22. The molecular formula is C19H29FN2O2. The summed E-state index contributed by atoms with van der Waals surface area (Å²) in [6, 6.07) is 4.89. The van der Waals surface area contributed by atoms with Crippen LogP contribution in [0, 0.1) is 17.7 Å². The summed E-state index contributed by atoms with van der Waals surface area (Å²) in [6.07, 6.45) is 3.05. The van der Waals surface area contributed by atoms with Gasteiger partial charge < -0.3 is 15.8 Å². The van der Waals surface area contributed by atoms with Crippen molar-refractivity contribution in [2.45, 2.75) is 45.6 Å². The topological polar surface area (TPSA) is 64.3 Å². The van der Waals surface area contributed by atoms with Gasteiger partial charge in [0.25, 0.3) is 5.91 Å². The van der Waals surface area contributed by atoms with Gasteiger partial charge in [-0.3, -0.25) is 4.79 Å². The van der Waals surface area contributed by atoms with Crippen LogP contribution in [0.3, 0.4) is 0 Å². The average molecular weight is 336 g/mol. The van der Waals surface area contributed by atoms with E-state index in [0.717, 1.165) is 32.4 Å². The van der Waals surface area contributed by atoms with Gasteiger partial charge in [-0.2, -0.15) is 0 Å². The van der Waals surface area contributed by atoms with Crippen molar-refractivity contribution in [1.82, 2.24) is 5.32 Å². The van der Waals surface area contributed by atoms with E-state index in [4.69, 9.17) is 10.5 Å². The molecule has 134 valence electrons. The van der Waals surface area contributed by atoms with E-state index >= 15 is 4.39 Å². The molecule has 0 spiro atoms. The number of nitrogens with two attached hydrogens (primary N) is 1. The fourth-order valence-electron chi connectivity index (χ4n) is 4.16. The molecule has 0 bridgehead atoms. The number of carbonyl (C=O) groups is 1. The van der Waals surface area contributed by atoms with Gasteiger partial charge >= 0.3 is 0 Å². The third-order valence-corrected chi connectivity index (χ3v) is 5.24. The first-order valence-electron chi connectivity index (χ1n) is 8.92. The van der Waals surface area contributed by atoms with Crippen LogP contribution in [-0.2, 0) is 10.3 Å². The first kappa shape index (κ1) is 18.9. The monoisotopic (exact) mass is 336 g/mol. The lowest BCUT2D eigenvalue weighted by Crippen LogP contribution is -2.50. The summed E-state index contributed by atoms with van der Waals surface area (Å²) < 4.78 is 21.4. The van der Waals surface area contributed by atoms with Crippen molar-refractivity contribution in [3.8, 4) is 0 Å². The van der Waals surface area contributed by atoms with Gasteiger partial charge in [-0.15, -0.1) is 0 Å². The highest BCUT2D eigenvalue weighted by Gasteiger charge is 2.49. The molecule has 24 heavy (non-hydrogen) atoms. The quantitative estimate of drug-likeness (QED) is 0.804. The number of rotatable bonds is 7. The van der Waals surface area contributed by atoms with Crippen LogP contribution < -0.4 is 11.1 Å². The number of amides is 1. The maximum Gasteiger partial charge on any atom is 0.251 e. The number of nitrogens with one attached hydrogen (secondary N) is 1. The molecular weight excluding hydrogens is 307 g/mol. The Morgan fingerprint density at radius 1 is 1.42 bits per heavy atom. The molecule has 1 aliphatic rings. The maximum atomic E-state index is 15.1. The van der Waals surface area contributed by atoms with Gasteiger partial charge in [-0.1, -0.05) is 32.4 Å². The molecule has 1 fully saturated rings. The molecule has 4 nitrogen and oxygen atoms in total. The lowest BCUT2D eigenvalue weighted by atomic mass is 9.65. The number of benzene rings is 1. The summed E-state index contributed by atoms with van der Waals surface area (Å²) in [5, 5.41) is 3.38. The van der Waals surface area contributed by atoms with Gasteiger partial charge in [0, 0.05) is 24.6 Å². The molecule has 1 aromatic rings. The number of hydrogen-bond donors (Lipinski definition) is 2. The van der Waals surface area contributed by atoms with Gasteiger partial charge in [-0.05, 0) is 38.3 Å². The Kier molecular flexibility index (Phi) is 6.35. The van der Waals surface area contributed by atoms with Crippen molar-refractivity contribution < 1.29 is 13.9 Å². The molecule has 3 atom stereocenters. The smallest absolute Gasteiger partial charge is 0.251 e. The van der Waals surface area contributed by atoms with Crippen molar-refractivity contribution in [3.63, 3.8) is 0 Å². The first-order valence-corrected chi connectivity index (χ1v) is 8.92. The second-order valence-electron chi connectivity index (χ2n) is 6.59. The Bertz CT molecular complexity index is 578. The van der Waals surface area contributed by atoms with E-state index in [1.54, 1.807) is 12.1 Å². The van der Waals surface area contributed by atoms with E-state index in [1.807, 2.05) is 6.92 Å². The van der Waals surface area contributed by atoms with E-state index in [9.17, 15) is 4.79 Å². The molecule has 1 aromatic carbocycles. The predicted octanol–water partition coefficient (Wildman–Crippen LogP) is 3.20. The normalized spacial score (nSPS) is 27.2. The number of carbonyl (C=O) groups excluding carboxylic acids is 1. The Hall–Kier alpha value is -1.46. The Labute approximate surface area is 144 Å². The Balaban J connectivity index is 2.59. The maximum absolute atomic E-state index is 15.1. The van der Waals surface area contributed by atoms with Crippen molar-refractivity contribution >= 4 is 5.91 Å². The standard InChI is InChI=1S/C19H29FN2O2/c1-4-22-12-14-9-6-8-13(3)19(14,24-5-2)16-11-7-10-15(17(16)20)18(21)23/h7,10-11,13-14,22H,4-6,8-9,12H2,1-3H3,(H2,21,23). The summed E-state index contributed by atoms with van der Waals surface area (Å²) in [4.78, 5) is 11.6. The fraction of sp³-hybridized carbons (Fsp3) is 0.632. The van der Waals surface area contributed by atoms with Gasteiger partial charge in [0.05, 0.1) is 5.56 Å². The number of halogens is 1. The lowest BCUT2D eigenvalue weighted by Gasteiger charge is -2.49. The van der Waals surface area contributed by atoms with Gasteiger partial charge in [-0.25, -0.2) is 4.39 Å². The van der Waals surface area contributed by atoms with Crippen molar-refractivity contribution in [2.75, 3.05) is 19.7 Å². The highest BCUT2D eigenvalue weighted by molar-refractivity contribution is 5.93. The molecule has 3 unspecified atom stereocenters. The Morgan fingerprint density at radius 2 is 2.17 bits per heavy atom. The Morgan fingerprint density at radius 3 is 2.79 bits per heavy atom. The minimum Gasteiger partial charge on any atom is -0.370 e. The summed E-state index contributed by atoms with van der Waals surface area (Å²) >= 11 is 0. The molecule has 0 aromatic heterocycles. The zero-order valence-electron chi connectivity index (χ0n) is 14.9. The summed E-state index contributed by atoms with van der Waals surface area (Å²) in [5.74, 6) is -0.965. The third kappa shape index (κ3) is 3.33. The van der Waals surface area contributed by atoms with Crippen LogP contribution in [0.25, 0.3) is 0 Å². The zero-order valence-corrected chi connectivity index (χ0v) is 14.9. The molecule has 1 saturated carbocycles. The lowest BCUT2D eigenvalue weighted by molar-refractivity contribution is -0.145. The SMILES string of the molecule is CCNCC1CCCC(C)C1(OCC)c1cccc(C(N)=O)c1F. The second-order valence-corrected chi connectivity index (χ2v) is 6.59. The van der Waals surface area contributed by atoms with Gasteiger partial charge in [0.15, 0.2) is 0 Å². The molecule has 0 heterocycles. The average Bonchev–Trinajstić information content (AvgIpc) is 2.55. The van der Waals surface area contributed by atoms with E-state index in [1.165, 1.54) is 6.07 Å². The molecule has 2 rings (SSSR count). The van der Waals surface area contributed by atoms with Crippen LogP contribution in [0.4, 0.5) is 4.39 Å². The third-order valence-electron chi connectivity index (χ3n) is 5.24. The molecule has 0 aliphatic heterocycles. The zero-order chi connectivity index (χ0) is 17.7. The summed E-state index contributed by atoms with van der Waals surface area (Å²) in [7, 11) is 0. The fourth-order valence-corrected chi connectivity index (χ4v) is 4.16. The molecule has 1 aliphatic carbocycles. The van der Waals surface area contributed by atoms with E-state index in [2.05, 4.69) is 19.2 Å². The first-order chi connectivity index (χ1) is 11.5. The molecule has 5 heteroatoms. The number of hydrogen-bond acceptors (Lipinski definition) is 3. The van der Waals surface area contributed by atoms with Crippen LogP contribution in [0.15, 0.2) is 18.2 Å². The largest absolute Gasteiger partial charge is 0.370 e. The van der Waals surface area contributed by atoms with Crippen molar-refractivity contribution in [1.29, 1.82) is 0 Å². The second kappa shape index (κ2) is 8.08. The van der Waals surface area contributed by atoms with Crippen LogP contribution in [0.5, 0.6) is 0 Å². The molecule has 0 radical (unpaired) electrons. The van der Waals surface area contributed by atoms with E-state index < -0.39 is 17.3 Å². The van der Waals surface area contributed by atoms with Crippen molar-refractivity contribution in [2.24, 2.45) is 17.6 Å². The van der Waals surface area contributed by atoms with Crippen LogP contribution >= 0.6 is 0 Å². The molecule has 3 N–H and O–H groups in total. The minimum atomic E-state index is -0.743. The van der Waals surface area contributed by atoms with Gasteiger partial charge in [0.2, 0.25) is 0 Å².